The molecule has 9 heteroatoms. The Labute approximate surface area is 182 Å². The molecule has 2 atom stereocenters. The van der Waals surface area contributed by atoms with Crippen LogP contribution in [0.4, 0.5) is 0 Å². The van der Waals surface area contributed by atoms with Crippen molar-refractivity contribution in [1.82, 2.24) is 24.2 Å². The molecule has 164 valence electrons. The smallest absolute Gasteiger partial charge is 0.244 e. The van der Waals surface area contributed by atoms with Gasteiger partial charge in [-0.15, -0.1) is 0 Å². The van der Waals surface area contributed by atoms with Gasteiger partial charge in [0.15, 0.2) is 0 Å². The van der Waals surface area contributed by atoms with Gasteiger partial charge < -0.3 is 4.74 Å². The van der Waals surface area contributed by atoms with Crippen LogP contribution >= 0.6 is 0 Å². The summed E-state index contributed by atoms with van der Waals surface area (Å²) in [5, 5.41) is 0. The van der Waals surface area contributed by atoms with Crippen LogP contribution in [-0.4, -0.2) is 70.9 Å². The van der Waals surface area contributed by atoms with Crippen LogP contribution in [0.2, 0.25) is 0 Å². The van der Waals surface area contributed by atoms with Gasteiger partial charge in [-0.05, 0) is 43.2 Å². The maximum absolute atomic E-state index is 13.3. The zero-order chi connectivity index (χ0) is 21.0. The average molecular weight is 442 g/mol. The molecule has 0 N–H and O–H groups in total. The number of ether oxygens (including phenoxy) is 1. The van der Waals surface area contributed by atoms with Crippen molar-refractivity contribution >= 4 is 10.0 Å². The fourth-order valence-electron chi connectivity index (χ4n) is 4.78. The number of nitrogens with zero attached hydrogens (tertiary/aromatic N) is 5. The largest absolute Gasteiger partial charge is 0.472 e. The molecule has 2 aliphatic heterocycles. The summed E-state index contributed by atoms with van der Waals surface area (Å²) >= 11 is 0. The predicted octanol–water partition coefficient (Wildman–Crippen LogP) is 2.15. The quantitative estimate of drug-likeness (QED) is 0.679. The van der Waals surface area contributed by atoms with Gasteiger partial charge in [-0.1, -0.05) is 0 Å². The van der Waals surface area contributed by atoms with E-state index in [2.05, 4.69) is 19.9 Å². The van der Waals surface area contributed by atoms with E-state index >= 15 is 0 Å². The van der Waals surface area contributed by atoms with Gasteiger partial charge in [0.25, 0.3) is 0 Å². The highest BCUT2D eigenvalue weighted by molar-refractivity contribution is 7.89. The third kappa shape index (κ3) is 3.94. The van der Waals surface area contributed by atoms with Gasteiger partial charge in [0.05, 0.1) is 18.1 Å². The molecular weight excluding hydrogens is 414 g/mol. The number of sulfonamides is 1. The number of rotatable bonds is 6. The molecule has 6 rings (SSSR count). The Morgan fingerprint density at radius 3 is 2.52 bits per heavy atom. The van der Waals surface area contributed by atoms with Crippen molar-refractivity contribution in [3.05, 3.63) is 42.1 Å². The van der Waals surface area contributed by atoms with E-state index < -0.39 is 10.0 Å². The molecule has 0 unspecified atom stereocenters. The van der Waals surface area contributed by atoms with Crippen molar-refractivity contribution in [3.63, 3.8) is 0 Å². The van der Waals surface area contributed by atoms with Crippen molar-refractivity contribution in [2.24, 2.45) is 0 Å². The Kier molecular flexibility index (Phi) is 4.73. The Morgan fingerprint density at radius 2 is 1.77 bits per heavy atom. The summed E-state index contributed by atoms with van der Waals surface area (Å²) in [5.41, 5.74) is 2.10. The first-order valence-corrected chi connectivity index (χ1v) is 12.7. The Balaban J connectivity index is 1.11. The predicted molar refractivity (Wildman–Crippen MR) is 113 cm³/mol. The standard InChI is InChI=1S/C22H27N5O3S/c28-31(29,20-7-17(9-23-10-20)15-1-2-15)27-6-5-26-14-19(8-18(26)13-27)30-22-12-24-21(11-25-22)16-3-4-16/h7,9-12,15-16,18-19H,1-6,8,13-14H2/t18-,19+/m0/s1. The van der Waals surface area contributed by atoms with Crippen LogP contribution in [0.3, 0.4) is 0 Å². The lowest BCUT2D eigenvalue weighted by Gasteiger charge is -2.36. The van der Waals surface area contributed by atoms with Crippen LogP contribution in [0, 0.1) is 0 Å². The Morgan fingerprint density at radius 1 is 0.935 bits per heavy atom. The summed E-state index contributed by atoms with van der Waals surface area (Å²) < 4.78 is 34.2. The SMILES string of the molecule is O=S(=O)(c1cncc(C2CC2)c1)N1CCN2C[C@H](Oc3cnc(C4CC4)cn3)C[C@H]2C1. The number of pyridine rings is 1. The van der Waals surface area contributed by atoms with Crippen molar-refractivity contribution in [3.8, 4) is 5.88 Å². The summed E-state index contributed by atoms with van der Waals surface area (Å²) in [7, 11) is -3.53. The molecule has 8 nitrogen and oxygen atoms in total. The molecular formula is C22H27N5O3S. The molecule has 2 saturated heterocycles. The van der Waals surface area contributed by atoms with Crippen molar-refractivity contribution in [1.29, 1.82) is 0 Å². The number of fused-ring (bicyclic) bond motifs is 1. The summed E-state index contributed by atoms with van der Waals surface area (Å²) in [4.78, 5) is 15.8. The van der Waals surface area contributed by atoms with E-state index in [4.69, 9.17) is 4.74 Å². The van der Waals surface area contributed by atoms with E-state index in [0.29, 0.717) is 42.2 Å². The first kappa shape index (κ1) is 19.6. The van der Waals surface area contributed by atoms with E-state index in [9.17, 15) is 8.42 Å². The van der Waals surface area contributed by atoms with Gasteiger partial charge in [-0.2, -0.15) is 4.31 Å². The summed E-state index contributed by atoms with van der Waals surface area (Å²) in [6.07, 6.45) is 12.3. The molecule has 4 fully saturated rings. The van der Waals surface area contributed by atoms with Gasteiger partial charge in [0.1, 0.15) is 11.0 Å². The number of piperazine rings is 1. The van der Waals surface area contributed by atoms with Crippen LogP contribution in [0.5, 0.6) is 5.88 Å². The van der Waals surface area contributed by atoms with Crippen LogP contribution in [-0.2, 0) is 10.0 Å². The number of hydrogen-bond acceptors (Lipinski definition) is 7. The highest BCUT2D eigenvalue weighted by Gasteiger charge is 2.41. The fraction of sp³-hybridized carbons (Fsp3) is 0.591. The molecule has 2 saturated carbocycles. The van der Waals surface area contributed by atoms with Crippen LogP contribution in [0.15, 0.2) is 35.7 Å². The second-order valence-corrected chi connectivity index (χ2v) is 11.2. The maximum Gasteiger partial charge on any atom is 0.244 e. The van der Waals surface area contributed by atoms with Crippen LogP contribution in [0.1, 0.15) is 55.2 Å². The topological polar surface area (TPSA) is 88.5 Å². The van der Waals surface area contributed by atoms with E-state index in [1.54, 1.807) is 16.7 Å². The molecule has 0 spiro atoms. The highest BCUT2D eigenvalue weighted by atomic mass is 32.2. The highest BCUT2D eigenvalue weighted by Crippen LogP contribution is 2.40. The summed E-state index contributed by atoms with van der Waals surface area (Å²) in [6.45, 7) is 2.49. The van der Waals surface area contributed by atoms with Gasteiger partial charge in [-0.3, -0.25) is 14.9 Å². The van der Waals surface area contributed by atoms with Crippen molar-refractivity contribution in [2.45, 2.75) is 61.0 Å². The van der Waals surface area contributed by atoms with Crippen molar-refractivity contribution < 1.29 is 13.2 Å². The first-order chi connectivity index (χ1) is 15.1. The third-order valence-corrected chi connectivity index (χ3v) is 8.72. The minimum atomic E-state index is -3.53. The second kappa shape index (κ2) is 7.50. The van der Waals surface area contributed by atoms with Crippen LogP contribution < -0.4 is 4.74 Å². The van der Waals surface area contributed by atoms with E-state index in [1.165, 1.54) is 19.0 Å². The maximum atomic E-state index is 13.3. The molecule has 2 aromatic heterocycles. The zero-order valence-corrected chi connectivity index (χ0v) is 18.2. The molecule has 0 aromatic carbocycles. The van der Waals surface area contributed by atoms with Gasteiger partial charge in [0, 0.05) is 57.0 Å². The Bertz CT molecular complexity index is 1070. The van der Waals surface area contributed by atoms with E-state index in [0.717, 1.165) is 37.1 Å². The molecule has 0 amide bonds. The van der Waals surface area contributed by atoms with Crippen molar-refractivity contribution in [2.75, 3.05) is 26.2 Å². The fourth-order valence-corrected chi connectivity index (χ4v) is 6.25. The second-order valence-electron chi connectivity index (χ2n) is 9.27. The lowest BCUT2D eigenvalue weighted by Crippen LogP contribution is -2.51. The molecule has 0 bridgehead atoms. The lowest BCUT2D eigenvalue weighted by molar-refractivity contribution is 0.151. The molecule has 2 aliphatic carbocycles. The normalized spacial score (nSPS) is 27.2. The summed E-state index contributed by atoms with van der Waals surface area (Å²) in [6, 6.07) is 1.98. The average Bonchev–Trinajstić information content (AvgIpc) is 3.70. The molecule has 2 aromatic rings. The first-order valence-electron chi connectivity index (χ1n) is 11.2. The lowest BCUT2D eigenvalue weighted by atomic mass is 10.2. The van der Waals surface area contributed by atoms with E-state index in [1.807, 2.05) is 12.3 Å². The molecule has 4 heterocycles. The van der Waals surface area contributed by atoms with Gasteiger partial charge in [0.2, 0.25) is 15.9 Å². The molecule has 31 heavy (non-hydrogen) atoms. The Hall–Kier alpha value is -2.10. The van der Waals surface area contributed by atoms with Crippen LogP contribution in [0.25, 0.3) is 0 Å². The number of hydrogen-bond donors (Lipinski definition) is 0. The zero-order valence-electron chi connectivity index (χ0n) is 17.4. The summed E-state index contributed by atoms with van der Waals surface area (Å²) in [5.74, 6) is 1.62. The monoisotopic (exact) mass is 441 g/mol. The number of aromatic nitrogens is 3. The minimum Gasteiger partial charge on any atom is -0.472 e. The molecule has 4 aliphatic rings. The van der Waals surface area contributed by atoms with Gasteiger partial charge in [-0.25, -0.2) is 13.4 Å². The van der Waals surface area contributed by atoms with E-state index in [-0.39, 0.29) is 12.1 Å². The van der Waals surface area contributed by atoms with Gasteiger partial charge >= 0.3 is 0 Å². The third-order valence-electron chi connectivity index (χ3n) is 6.89. The minimum absolute atomic E-state index is 0.00795. The molecule has 0 radical (unpaired) electrons.